The molecule has 3 atom stereocenters. The minimum Gasteiger partial charge on any atom is -0.385 e. The first-order valence-corrected chi connectivity index (χ1v) is 16.3. The quantitative estimate of drug-likeness (QED) is 0.271. The number of carbonyl (C=O) groups is 3. The second-order valence-electron chi connectivity index (χ2n) is 13.4. The first-order valence-electron chi connectivity index (χ1n) is 16.3. The fourth-order valence-electron chi connectivity index (χ4n) is 6.52. The fourth-order valence-corrected chi connectivity index (χ4v) is 6.52. The Hall–Kier alpha value is -2.71. The van der Waals surface area contributed by atoms with Crippen molar-refractivity contribution in [1.29, 1.82) is 0 Å². The zero-order valence-electron chi connectivity index (χ0n) is 27.7. The lowest BCUT2D eigenvalue weighted by molar-refractivity contribution is -0.142. The van der Waals surface area contributed by atoms with Gasteiger partial charge in [-0.3, -0.25) is 14.4 Å². The van der Waals surface area contributed by atoms with Crippen LogP contribution in [-0.4, -0.2) is 86.5 Å². The van der Waals surface area contributed by atoms with Crippen molar-refractivity contribution in [3.63, 3.8) is 0 Å². The van der Waals surface area contributed by atoms with Crippen molar-refractivity contribution in [3.05, 3.63) is 41.5 Å². The molecular weight excluding hydrogens is 540 g/mol. The number of hydrogen-bond donors (Lipinski definition) is 2. The van der Waals surface area contributed by atoms with E-state index in [1.807, 2.05) is 6.92 Å². The highest BCUT2D eigenvalue weighted by atomic mass is 16.5. The van der Waals surface area contributed by atoms with E-state index in [2.05, 4.69) is 66.6 Å². The molecule has 1 unspecified atom stereocenters. The summed E-state index contributed by atoms with van der Waals surface area (Å²) in [5.74, 6) is -0.555. The highest BCUT2D eigenvalue weighted by Crippen LogP contribution is 2.33. The van der Waals surface area contributed by atoms with E-state index < -0.39 is 5.54 Å². The van der Waals surface area contributed by atoms with Crippen LogP contribution in [-0.2, 0) is 25.5 Å². The third-order valence-electron chi connectivity index (χ3n) is 8.78. The maximum absolute atomic E-state index is 14.1. The summed E-state index contributed by atoms with van der Waals surface area (Å²) >= 11 is 0. The average molecular weight is 597 g/mol. The molecule has 43 heavy (non-hydrogen) atoms. The van der Waals surface area contributed by atoms with Crippen molar-refractivity contribution >= 4 is 23.3 Å². The maximum Gasteiger partial charge on any atom is 0.247 e. The minimum atomic E-state index is -0.982. The molecule has 1 aliphatic carbocycles. The number of rotatable bonds is 16. The number of hydrogen-bond acceptors (Lipinski definition) is 5. The number of amides is 3. The molecule has 8 heteroatoms. The van der Waals surface area contributed by atoms with Gasteiger partial charge in [0.1, 0.15) is 5.54 Å². The largest absolute Gasteiger partial charge is 0.385 e. The lowest BCUT2D eigenvalue weighted by Gasteiger charge is -2.37. The number of ether oxygens (including phenoxy) is 1. The number of piperidine rings is 1. The number of carbonyl (C=O) groups excluding carboxylic acids is 3. The molecule has 0 radical (unpaired) electrons. The van der Waals surface area contributed by atoms with Crippen LogP contribution in [0.3, 0.4) is 0 Å². The van der Waals surface area contributed by atoms with E-state index >= 15 is 0 Å². The number of aryl methyl sites for hydroxylation is 1. The number of methoxy groups -OCH3 is 1. The van der Waals surface area contributed by atoms with Crippen LogP contribution in [0.25, 0.3) is 5.57 Å². The zero-order valence-corrected chi connectivity index (χ0v) is 27.7. The first-order chi connectivity index (χ1) is 20.5. The Morgan fingerprint density at radius 3 is 2.42 bits per heavy atom. The highest BCUT2D eigenvalue weighted by molar-refractivity contribution is 5.92. The van der Waals surface area contributed by atoms with Crippen LogP contribution in [0.5, 0.6) is 0 Å². The molecule has 8 nitrogen and oxygen atoms in total. The van der Waals surface area contributed by atoms with E-state index in [1.165, 1.54) is 16.7 Å². The SMILES string of the molecule is C/C=C(/CN(C(=O)[C@H]1CNC[C@@H](C(=O)NC(C)(CC(C)C)C(=O)N(C)C)C1)C1CC1)c1ccccc1CCCCCOC. The molecule has 3 amide bonds. The summed E-state index contributed by atoms with van der Waals surface area (Å²) in [6, 6.07) is 8.83. The average Bonchev–Trinajstić information content (AvgIpc) is 3.82. The summed E-state index contributed by atoms with van der Waals surface area (Å²) in [7, 11) is 5.19. The molecule has 1 aromatic carbocycles. The van der Waals surface area contributed by atoms with E-state index in [4.69, 9.17) is 4.74 Å². The number of benzene rings is 1. The molecule has 2 aliphatic rings. The van der Waals surface area contributed by atoms with Crippen LogP contribution in [0.2, 0.25) is 0 Å². The third kappa shape index (κ3) is 9.90. The fraction of sp³-hybridized carbons (Fsp3) is 0.686. The molecule has 0 spiro atoms. The van der Waals surface area contributed by atoms with Gasteiger partial charge in [-0.1, -0.05) is 50.6 Å². The molecule has 1 aliphatic heterocycles. The summed E-state index contributed by atoms with van der Waals surface area (Å²) in [4.78, 5) is 44.3. The normalized spacial score (nSPS) is 20.4. The second-order valence-corrected chi connectivity index (χ2v) is 13.4. The van der Waals surface area contributed by atoms with Gasteiger partial charge in [0.2, 0.25) is 17.7 Å². The second kappa shape index (κ2) is 16.4. The minimum absolute atomic E-state index is 0.111. The van der Waals surface area contributed by atoms with E-state index in [9.17, 15) is 14.4 Å². The van der Waals surface area contributed by atoms with Gasteiger partial charge < -0.3 is 25.2 Å². The van der Waals surface area contributed by atoms with Crippen molar-refractivity contribution in [1.82, 2.24) is 20.4 Å². The van der Waals surface area contributed by atoms with Crippen LogP contribution in [0, 0.1) is 17.8 Å². The van der Waals surface area contributed by atoms with Crippen molar-refractivity contribution in [2.45, 2.75) is 90.6 Å². The molecule has 2 N–H and O–H groups in total. The van der Waals surface area contributed by atoms with Gasteiger partial charge in [-0.15, -0.1) is 0 Å². The number of nitrogens with zero attached hydrogens (tertiary/aromatic N) is 2. The van der Waals surface area contributed by atoms with E-state index in [0.29, 0.717) is 32.5 Å². The van der Waals surface area contributed by atoms with Gasteiger partial charge in [0.15, 0.2) is 0 Å². The summed E-state index contributed by atoms with van der Waals surface area (Å²) in [6.07, 6.45) is 9.54. The number of nitrogens with one attached hydrogen (secondary N) is 2. The maximum atomic E-state index is 14.1. The van der Waals surface area contributed by atoms with Gasteiger partial charge in [0.05, 0.1) is 11.8 Å². The van der Waals surface area contributed by atoms with E-state index in [1.54, 1.807) is 26.1 Å². The van der Waals surface area contributed by atoms with Gasteiger partial charge >= 0.3 is 0 Å². The zero-order chi connectivity index (χ0) is 31.6. The Morgan fingerprint density at radius 1 is 1.09 bits per heavy atom. The Bertz CT molecular complexity index is 1110. The van der Waals surface area contributed by atoms with Crippen LogP contribution < -0.4 is 10.6 Å². The van der Waals surface area contributed by atoms with E-state index in [0.717, 1.165) is 45.1 Å². The Morgan fingerprint density at radius 2 is 1.79 bits per heavy atom. The molecule has 240 valence electrons. The Labute approximate surface area is 260 Å². The van der Waals surface area contributed by atoms with Crippen molar-refractivity contribution < 1.29 is 19.1 Å². The molecule has 2 fully saturated rings. The Balaban J connectivity index is 1.70. The monoisotopic (exact) mass is 596 g/mol. The van der Waals surface area contributed by atoms with Crippen LogP contribution in [0.15, 0.2) is 30.3 Å². The van der Waals surface area contributed by atoms with Gasteiger partial charge in [-0.25, -0.2) is 0 Å². The Kier molecular flexibility index (Phi) is 13.3. The summed E-state index contributed by atoms with van der Waals surface area (Å²) in [6.45, 7) is 10.4. The molecule has 0 aromatic heterocycles. The van der Waals surface area contributed by atoms with Crippen LogP contribution >= 0.6 is 0 Å². The first kappa shape index (κ1) is 34.8. The van der Waals surface area contributed by atoms with Crippen LogP contribution in [0.1, 0.15) is 83.8 Å². The topological polar surface area (TPSA) is 91.0 Å². The highest BCUT2D eigenvalue weighted by Gasteiger charge is 2.42. The molecule has 1 heterocycles. The van der Waals surface area contributed by atoms with Crippen molar-refractivity contribution in [2.75, 3.05) is 47.4 Å². The summed E-state index contributed by atoms with van der Waals surface area (Å²) < 4.78 is 5.20. The molecule has 1 saturated heterocycles. The van der Waals surface area contributed by atoms with Gasteiger partial charge in [-0.2, -0.15) is 0 Å². The summed E-state index contributed by atoms with van der Waals surface area (Å²) in [5, 5.41) is 6.44. The van der Waals surface area contributed by atoms with Crippen molar-refractivity contribution in [2.24, 2.45) is 17.8 Å². The molecule has 1 aromatic rings. The molecular formula is C35H56N4O4. The predicted molar refractivity (Wildman–Crippen MR) is 173 cm³/mol. The molecule has 0 bridgehead atoms. The third-order valence-corrected chi connectivity index (χ3v) is 8.78. The molecule has 1 saturated carbocycles. The van der Waals surface area contributed by atoms with Crippen LogP contribution in [0.4, 0.5) is 0 Å². The standard InChI is InChI=1S/C35H56N4O4/c1-8-26(31-16-12-11-15-27(31)14-10-9-13-19-43-7)24-39(30-17-18-30)33(41)29-20-28(22-36-23-29)32(40)37-35(4,21-25(2)3)34(42)38(5)6/h8,11-12,15-16,25,28-30,36H,9-10,13-14,17-24H2,1-7H3,(H,37,40)/b26-8-/t28-,29+,35?/m0/s1. The van der Waals surface area contributed by atoms with Crippen molar-refractivity contribution in [3.8, 4) is 0 Å². The lowest BCUT2D eigenvalue weighted by Crippen LogP contribution is -2.59. The number of allylic oxidation sites excluding steroid dienone is 1. The number of unbranched alkanes of at least 4 members (excludes halogenated alkanes) is 2. The lowest BCUT2D eigenvalue weighted by atomic mass is 9.85. The van der Waals surface area contributed by atoms with Gasteiger partial charge in [-0.05, 0) is 81.4 Å². The van der Waals surface area contributed by atoms with Gasteiger partial charge in [0.25, 0.3) is 0 Å². The molecule has 3 rings (SSSR count). The summed E-state index contributed by atoms with van der Waals surface area (Å²) in [5.41, 5.74) is 2.75. The smallest absolute Gasteiger partial charge is 0.247 e. The van der Waals surface area contributed by atoms with Gasteiger partial charge in [0, 0.05) is 53.5 Å². The number of likely N-dealkylation sites (N-methyl/N-ethyl adjacent to an activating group) is 1. The predicted octanol–water partition coefficient (Wildman–Crippen LogP) is 4.68. The van der Waals surface area contributed by atoms with E-state index in [-0.39, 0.29) is 41.5 Å².